The third kappa shape index (κ3) is 6.12. The second kappa shape index (κ2) is 10.0. The van der Waals surface area contributed by atoms with E-state index in [9.17, 15) is 4.55 Å². The van der Waals surface area contributed by atoms with Gasteiger partial charge in [-0.25, -0.2) is 0 Å². The molecule has 2 N–H and O–H groups in total. The van der Waals surface area contributed by atoms with E-state index in [1.54, 1.807) is 0 Å². The number of hydrogen-bond donors (Lipinski definition) is 1. The molecule has 0 aliphatic carbocycles. The first-order valence-corrected chi connectivity index (χ1v) is 8.88. The van der Waals surface area contributed by atoms with Crippen molar-refractivity contribution in [2.45, 2.75) is 44.4 Å². The summed E-state index contributed by atoms with van der Waals surface area (Å²) >= 11 is -0.897. The number of hydrogen-bond acceptors (Lipinski definition) is 2. The summed E-state index contributed by atoms with van der Waals surface area (Å²) in [5, 5.41) is 0. The maximum Gasteiger partial charge on any atom is 0.153 e. The Morgan fingerprint density at radius 3 is 2.55 bits per heavy atom. The summed E-state index contributed by atoms with van der Waals surface area (Å²) in [4.78, 5) is 0.932. The molecule has 1 rings (SSSR count). The van der Waals surface area contributed by atoms with Crippen molar-refractivity contribution < 1.29 is 4.55 Å². The van der Waals surface area contributed by atoms with Gasteiger partial charge in [-0.2, -0.15) is 0 Å². The number of benzene rings is 1. The van der Waals surface area contributed by atoms with Crippen molar-refractivity contribution in [3.05, 3.63) is 35.9 Å². The van der Waals surface area contributed by atoms with Crippen molar-refractivity contribution in [2.24, 2.45) is 11.7 Å². The molecule has 1 unspecified atom stereocenters. The minimum atomic E-state index is -0.897. The first-order chi connectivity index (χ1) is 9.71. The summed E-state index contributed by atoms with van der Waals surface area (Å²) in [7, 11) is 0. The summed E-state index contributed by atoms with van der Waals surface area (Å²) in [5.41, 5.74) is 6.53. The summed E-state index contributed by atoms with van der Waals surface area (Å²) < 4.78 is 12.5. The first kappa shape index (κ1) is 17.3. The maximum atomic E-state index is 12.5. The molecule has 0 heterocycles. The van der Waals surface area contributed by atoms with Gasteiger partial charge < -0.3 is 10.3 Å². The van der Waals surface area contributed by atoms with E-state index in [-0.39, 0.29) is 0 Å². The maximum absolute atomic E-state index is 12.5. The highest BCUT2D eigenvalue weighted by molar-refractivity contribution is 7.91. The van der Waals surface area contributed by atoms with Crippen LogP contribution in [0.25, 0.3) is 6.08 Å². The lowest BCUT2D eigenvalue weighted by Crippen LogP contribution is -2.16. The van der Waals surface area contributed by atoms with Crippen LogP contribution in [0.3, 0.4) is 0 Å². The fourth-order valence-electron chi connectivity index (χ4n) is 2.40. The molecule has 1 atom stereocenters. The second-order valence-corrected chi connectivity index (χ2v) is 6.66. The zero-order chi connectivity index (χ0) is 14.8. The summed E-state index contributed by atoms with van der Waals surface area (Å²) in [6.45, 7) is 4.93. The normalized spacial score (nSPS) is 13.2. The first-order valence-electron chi connectivity index (χ1n) is 7.56. The summed E-state index contributed by atoms with van der Waals surface area (Å²) in [5.74, 6) is 1.36. The molecular formula is C17H27NOS. The lowest BCUT2D eigenvalue weighted by Gasteiger charge is -2.18. The van der Waals surface area contributed by atoms with E-state index in [0.29, 0.717) is 12.5 Å². The fraction of sp³-hybridized carbons (Fsp3) is 0.529. The minimum Gasteiger partial charge on any atom is -0.611 e. The van der Waals surface area contributed by atoms with E-state index in [1.165, 1.54) is 25.7 Å². The Balaban J connectivity index is 2.70. The largest absolute Gasteiger partial charge is 0.611 e. The van der Waals surface area contributed by atoms with Gasteiger partial charge in [0.1, 0.15) is 5.75 Å². The van der Waals surface area contributed by atoms with E-state index < -0.39 is 11.2 Å². The predicted molar refractivity (Wildman–Crippen MR) is 89.1 cm³/mol. The van der Waals surface area contributed by atoms with Crippen LogP contribution in [-0.4, -0.2) is 16.9 Å². The lowest BCUT2D eigenvalue weighted by molar-refractivity contribution is 0.473. The van der Waals surface area contributed by atoms with Crippen LogP contribution in [0.15, 0.2) is 35.2 Å². The Kier molecular flexibility index (Phi) is 8.67. The van der Waals surface area contributed by atoms with Crippen molar-refractivity contribution in [1.29, 1.82) is 0 Å². The molecule has 20 heavy (non-hydrogen) atoms. The van der Waals surface area contributed by atoms with Crippen molar-refractivity contribution in [1.82, 2.24) is 0 Å². The molecule has 0 saturated heterocycles. The van der Waals surface area contributed by atoms with Gasteiger partial charge in [-0.1, -0.05) is 51.0 Å². The predicted octanol–water partition coefficient (Wildman–Crippen LogP) is 3.98. The highest BCUT2D eigenvalue weighted by Gasteiger charge is 2.18. The van der Waals surface area contributed by atoms with Crippen LogP contribution in [0.4, 0.5) is 0 Å². The zero-order valence-corrected chi connectivity index (χ0v) is 13.5. The van der Waals surface area contributed by atoms with E-state index in [4.69, 9.17) is 5.73 Å². The van der Waals surface area contributed by atoms with Crippen LogP contribution in [-0.2, 0) is 11.2 Å². The van der Waals surface area contributed by atoms with E-state index in [1.807, 2.05) is 36.4 Å². The molecule has 1 aromatic carbocycles. The molecule has 0 aromatic heterocycles. The Morgan fingerprint density at radius 1 is 1.25 bits per heavy atom. The minimum absolute atomic E-state index is 0.530. The Bertz CT molecular complexity index is 400. The van der Waals surface area contributed by atoms with Gasteiger partial charge in [0.05, 0.1) is 0 Å². The van der Waals surface area contributed by atoms with Gasteiger partial charge in [-0.15, -0.1) is 0 Å². The lowest BCUT2D eigenvalue weighted by atomic mass is 10.0. The van der Waals surface area contributed by atoms with Gasteiger partial charge in [0.2, 0.25) is 0 Å². The molecule has 3 heteroatoms. The van der Waals surface area contributed by atoms with Crippen LogP contribution in [0.5, 0.6) is 0 Å². The van der Waals surface area contributed by atoms with Crippen LogP contribution in [0.1, 0.15) is 45.1 Å². The quantitative estimate of drug-likeness (QED) is 0.700. The topological polar surface area (TPSA) is 49.1 Å². The molecule has 0 aliphatic heterocycles. The number of rotatable bonds is 9. The molecule has 0 saturated carbocycles. The molecule has 0 spiro atoms. The SMILES string of the molecule is CCCC(CCC)C[S+]([O-])c1cccc(/C=C/CN)c1. The highest BCUT2D eigenvalue weighted by Crippen LogP contribution is 2.21. The molecule has 0 aliphatic rings. The number of nitrogens with two attached hydrogens (primary N) is 1. The molecule has 0 radical (unpaired) electrons. The second-order valence-electron chi connectivity index (χ2n) is 5.17. The molecular weight excluding hydrogens is 266 g/mol. The van der Waals surface area contributed by atoms with E-state index in [0.717, 1.165) is 16.2 Å². The van der Waals surface area contributed by atoms with Crippen molar-refractivity contribution in [2.75, 3.05) is 12.3 Å². The molecule has 1 aromatic rings. The van der Waals surface area contributed by atoms with Gasteiger partial charge in [0, 0.05) is 18.5 Å². The molecule has 0 bridgehead atoms. The third-order valence-corrected chi connectivity index (χ3v) is 4.90. The van der Waals surface area contributed by atoms with Crippen LogP contribution in [0.2, 0.25) is 0 Å². The Labute approximate surface area is 126 Å². The third-order valence-electron chi connectivity index (χ3n) is 3.35. The van der Waals surface area contributed by atoms with Crippen LogP contribution < -0.4 is 5.73 Å². The van der Waals surface area contributed by atoms with Gasteiger partial charge in [0.15, 0.2) is 4.90 Å². The molecule has 112 valence electrons. The average molecular weight is 293 g/mol. The van der Waals surface area contributed by atoms with E-state index >= 15 is 0 Å². The monoisotopic (exact) mass is 293 g/mol. The van der Waals surface area contributed by atoms with Crippen LogP contribution in [0, 0.1) is 5.92 Å². The van der Waals surface area contributed by atoms with Gasteiger partial charge in [-0.3, -0.25) is 0 Å². The standard InChI is InChI=1S/C17H27NOS/c1-3-7-16(8-4-2)14-20(19)17-11-5-9-15(13-17)10-6-12-18/h5-6,9-11,13,16H,3-4,7-8,12,14,18H2,1-2H3/b10-6+. The molecule has 0 fully saturated rings. The van der Waals surface area contributed by atoms with Crippen molar-refractivity contribution in [3.8, 4) is 0 Å². The zero-order valence-electron chi connectivity index (χ0n) is 12.7. The molecule has 2 nitrogen and oxygen atoms in total. The van der Waals surface area contributed by atoms with Crippen LogP contribution >= 0.6 is 0 Å². The Hall–Kier alpha value is -0.770. The van der Waals surface area contributed by atoms with Gasteiger partial charge in [-0.05, 0) is 35.6 Å². The van der Waals surface area contributed by atoms with Gasteiger partial charge >= 0.3 is 0 Å². The highest BCUT2D eigenvalue weighted by atomic mass is 32.2. The Morgan fingerprint density at radius 2 is 1.95 bits per heavy atom. The van der Waals surface area contributed by atoms with Gasteiger partial charge in [0.25, 0.3) is 0 Å². The van der Waals surface area contributed by atoms with Crippen molar-refractivity contribution in [3.63, 3.8) is 0 Å². The fourth-order valence-corrected chi connectivity index (χ4v) is 3.85. The summed E-state index contributed by atoms with van der Waals surface area (Å²) in [6.07, 6.45) is 8.58. The smallest absolute Gasteiger partial charge is 0.153 e. The van der Waals surface area contributed by atoms with Crippen molar-refractivity contribution >= 4 is 17.3 Å². The molecule has 0 amide bonds. The van der Waals surface area contributed by atoms with E-state index in [2.05, 4.69) is 13.8 Å². The summed E-state index contributed by atoms with van der Waals surface area (Å²) in [6, 6.07) is 7.96. The average Bonchev–Trinajstić information content (AvgIpc) is 2.46.